The van der Waals surface area contributed by atoms with Crippen LogP contribution in [0.1, 0.15) is 5.56 Å². The summed E-state index contributed by atoms with van der Waals surface area (Å²) < 4.78 is 38.2. The first-order valence-corrected chi connectivity index (χ1v) is 8.38. The Morgan fingerprint density at radius 2 is 1.82 bits per heavy atom. The molecule has 0 aliphatic rings. The Bertz CT molecular complexity index is 779. The van der Waals surface area contributed by atoms with E-state index in [4.69, 9.17) is 11.6 Å². The number of hydrogen-bond acceptors (Lipinski definition) is 4. The van der Waals surface area contributed by atoms with E-state index in [0.717, 1.165) is 12.1 Å². The average molecular weight is 345 g/mol. The van der Waals surface area contributed by atoms with Gasteiger partial charge in [0.15, 0.2) is 9.84 Å². The van der Waals surface area contributed by atoms with E-state index in [1.54, 1.807) is 6.07 Å². The molecular weight excluding hydrogens is 331 g/mol. The van der Waals surface area contributed by atoms with E-state index in [9.17, 15) is 23.0 Å². The van der Waals surface area contributed by atoms with Crippen LogP contribution in [0.2, 0.25) is 5.02 Å². The smallest absolute Gasteiger partial charge is 0.183 e. The Hall–Kier alpha value is -1.47. The third-order valence-corrected chi connectivity index (χ3v) is 5.55. The SMILES string of the molecule is O=S(=O)(CC(O)(CO)c1cccc(F)c1)c1ccccc1Cl. The van der Waals surface area contributed by atoms with Crippen molar-refractivity contribution in [2.24, 2.45) is 0 Å². The van der Waals surface area contributed by atoms with Crippen molar-refractivity contribution in [2.45, 2.75) is 10.5 Å². The molecule has 0 bridgehead atoms. The summed E-state index contributed by atoms with van der Waals surface area (Å²) in [6.45, 7) is -0.875. The van der Waals surface area contributed by atoms with Crippen molar-refractivity contribution >= 4 is 21.4 Å². The zero-order chi connectivity index (χ0) is 16.4. The fourth-order valence-electron chi connectivity index (χ4n) is 2.09. The largest absolute Gasteiger partial charge is 0.393 e. The summed E-state index contributed by atoms with van der Waals surface area (Å²) in [5.41, 5.74) is -2.15. The van der Waals surface area contributed by atoms with Gasteiger partial charge in [-0.1, -0.05) is 35.9 Å². The molecule has 0 amide bonds. The highest BCUT2D eigenvalue weighted by molar-refractivity contribution is 7.91. The number of aliphatic hydroxyl groups is 2. The maximum Gasteiger partial charge on any atom is 0.183 e. The quantitative estimate of drug-likeness (QED) is 0.871. The van der Waals surface area contributed by atoms with E-state index >= 15 is 0 Å². The molecule has 2 aromatic carbocycles. The van der Waals surface area contributed by atoms with Crippen molar-refractivity contribution in [3.05, 3.63) is 64.9 Å². The summed E-state index contributed by atoms with van der Waals surface area (Å²) >= 11 is 5.87. The topological polar surface area (TPSA) is 74.6 Å². The lowest BCUT2D eigenvalue weighted by molar-refractivity contribution is 0.000502. The van der Waals surface area contributed by atoms with Crippen molar-refractivity contribution < 1.29 is 23.0 Å². The zero-order valence-corrected chi connectivity index (χ0v) is 13.0. The minimum atomic E-state index is -3.99. The van der Waals surface area contributed by atoms with Gasteiger partial charge >= 0.3 is 0 Å². The van der Waals surface area contributed by atoms with E-state index in [2.05, 4.69) is 0 Å². The van der Waals surface area contributed by atoms with Gasteiger partial charge < -0.3 is 10.2 Å². The van der Waals surface area contributed by atoms with Crippen LogP contribution in [0, 0.1) is 5.82 Å². The molecule has 0 heterocycles. The Balaban J connectivity index is 2.43. The monoisotopic (exact) mass is 344 g/mol. The molecular formula is C15H14ClFO4S. The molecule has 0 spiro atoms. The Morgan fingerprint density at radius 1 is 1.14 bits per heavy atom. The highest BCUT2D eigenvalue weighted by Gasteiger charge is 2.36. The van der Waals surface area contributed by atoms with Crippen molar-refractivity contribution in [3.63, 3.8) is 0 Å². The first-order valence-electron chi connectivity index (χ1n) is 6.35. The molecule has 0 aliphatic carbocycles. The molecule has 1 atom stereocenters. The fourth-order valence-corrected chi connectivity index (χ4v) is 4.27. The molecule has 7 heteroatoms. The lowest BCUT2D eigenvalue weighted by Crippen LogP contribution is -2.38. The van der Waals surface area contributed by atoms with Gasteiger partial charge in [-0.3, -0.25) is 0 Å². The number of hydrogen-bond donors (Lipinski definition) is 2. The highest BCUT2D eigenvalue weighted by Crippen LogP contribution is 2.29. The zero-order valence-electron chi connectivity index (χ0n) is 11.4. The van der Waals surface area contributed by atoms with Gasteiger partial charge in [0.2, 0.25) is 0 Å². The predicted molar refractivity (Wildman–Crippen MR) is 80.9 cm³/mol. The van der Waals surface area contributed by atoms with E-state index in [0.29, 0.717) is 0 Å². The summed E-state index contributed by atoms with van der Waals surface area (Å²) in [6, 6.07) is 10.6. The number of sulfone groups is 1. The van der Waals surface area contributed by atoms with Gasteiger partial charge in [-0.2, -0.15) is 0 Å². The second kappa shape index (κ2) is 6.34. The summed E-state index contributed by atoms with van der Waals surface area (Å²) in [7, 11) is -3.99. The minimum absolute atomic E-state index is 0.0158. The molecule has 2 N–H and O–H groups in total. The lowest BCUT2D eigenvalue weighted by Gasteiger charge is -2.26. The molecule has 0 fully saturated rings. The van der Waals surface area contributed by atoms with Crippen molar-refractivity contribution in [3.8, 4) is 0 Å². The standard InChI is InChI=1S/C15H14ClFO4S/c16-13-6-1-2-7-14(13)22(20,21)10-15(19,9-18)11-4-3-5-12(17)8-11/h1-8,18-19H,9-10H2. The second-order valence-corrected chi connectivity index (χ2v) is 7.25. The third kappa shape index (κ3) is 3.47. The molecule has 118 valence electrons. The van der Waals surface area contributed by atoms with Gasteiger partial charge in [-0.15, -0.1) is 0 Å². The van der Waals surface area contributed by atoms with Gasteiger partial charge in [0, 0.05) is 0 Å². The Morgan fingerprint density at radius 3 is 2.41 bits per heavy atom. The molecule has 2 rings (SSSR count). The normalized spacial score (nSPS) is 14.5. The summed E-state index contributed by atoms with van der Waals surface area (Å²) in [6.07, 6.45) is 0. The van der Waals surface area contributed by atoms with Gasteiger partial charge in [0.25, 0.3) is 0 Å². The van der Waals surface area contributed by atoms with Crippen LogP contribution in [-0.4, -0.2) is 31.0 Å². The number of halogens is 2. The molecule has 22 heavy (non-hydrogen) atoms. The average Bonchev–Trinajstić information content (AvgIpc) is 2.47. The van der Waals surface area contributed by atoms with E-state index in [-0.39, 0.29) is 15.5 Å². The predicted octanol–water partition coefficient (Wildman–Crippen LogP) is 2.13. The van der Waals surface area contributed by atoms with Crippen molar-refractivity contribution in [1.82, 2.24) is 0 Å². The summed E-state index contributed by atoms with van der Waals surface area (Å²) in [5.74, 6) is -1.46. The molecule has 0 radical (unpaired) electrons. The van der Waals surface area contributed by atoms with Crippen LogP contribution in [0.3, 0.4) is 0 Å². The molecule has 0 saturated heterocycles. The fraction of sp³-hybridized carbons (Fsp3) is 0.200. The lowest BCUT2D eigenvalue weighted by atomic mass is 9.97. The highest BCUT2D eigenvalue weighted by atomic mass is 35.5. The van der Waals surface area contributed by atoms with Gasteiger partial charge in [0.1, 0.15) is 11.4 Å². The summed E-state index contributed by atoms with van der Waals surface area (Å²) in [4.78, 5) is -0.153. The first-order chi connectivity index (χ1) is 10.3. The van der Waals surface area contributed by atoms with Gasteiger partial charge in [0.05, 0.1) is 22.3 Å². The number of rotatable bonds is 5. The second-order valence-electron chi connectivity index (χ2n) is 4.89. The van der Waals surface area contributed by atoms with Crippen molar-refractivity contribution in [1.29, 1.82) is 0 Å². The van der Waals surface area contributed by atoms with Crippen LogP contribution >= 0.6 is 11.6 Å². The van der Waals surface area contributed by atoms with Crippen LogP contribution in [0.25, 0.3) is 0 Å². The van der Waals surface area contributed by atoms with Gasteiger partial charge in [-0.25, -0.2) is 12.8 Å². The van der Waals surface area contributed by atoms with Crippen LogP contribution in [0.5, 0.6) is 0 Å². The van der Waals surface area contributed by atoms with E-state index < -0.39 is 33.6 Å². The summed E-state index contributed by atoms with van der Waals surface area (Å²) in [5, 5.41) is 19.9. The van der Waals surface area contributed by atoms with Gasteiger partial charge in [-0.05, 0) is 29.8 Å². The number of aliphatic hydroxyl groups excluding tert-OH is 1. The van der Waals surface area contributed by atoms with Crippen LogP contribution < -0.4 is 0 Å². The third-order valence-electron chi connectivity index (χ3n) is 3.22. The first kappa shape index (κ1) is 16.9. The molecule has 2 aromatic rings. The maximum atomic E-state index is 13.3. The molecule has 0 aliphatic heterocycles. The van der Waals surface area contributed by atoms with Crippen LogP contribution in [0.15, 0.2) is 53.4 Å². The molecule has 0 saturated carbocycles. The van der Waals surface area contributed by atoms with E-state index in [1.165, 1.54) is 30.3 Å². The van der Waals surface area contributed by atoms with Crippen LogP contribution in [0.4, 0.5) is 4.39 Å². The molecule has 1 unspecified atom stereocenters. The molecule has 4 nitrogen and oxygen atoms in total. The Labute approximate surface area is 132 Å². The molecule has 0 aromatic heterocycles. The van der Waals surface area contributed by atoms with Crippen LogP contribution in [-0.2, 0) is 15.4 Å². The Kier molecular flexibility index (Phi) is 4.87. The minimum Gasteiger partial charge on any atom is -0.393 e. The maximum absolute atomic E-state index is 13.3. The number of benzene rings is 2. The van der Waals surface area contributed by atoms with E-state index in [1.807, 2.05) is 0 Å². The van der Waals surface area contributed by atoms with Crippen molar-refractivity contribution in [2.75, 3.05) is 12.4 Å².